The summed E-state index contributed by atoms with van der Waals surface area (Å²) in [5, 5.41) is 3.44. The third-order valence-corrected chi connectivity index (χ3v) is 3.34. The molecule has 2 atom stereocenters. The minimum absolute atomic E-state index is 0.776. The fourth-order valence-corrected chi connectivity index (χ4v) is 2.56. The number of hydrogen-bond donors (Lipinski definition) is 1. The second kappa shape index (κ2) is 3.21. The summed E-state index contributed by atoms with van der Waals surface area (Å²) in [6.45, 7) is 2.36. The maximum Gasteiger partial charge on any atom is 0.0273 e. The topological polar surface area (TPSA) is 24.9 Å². The van der Waals surface area contributed by atoms with E-state index < -0.39 is 0 Å². The second-order valence-electron chi connectivity index (χ2n) is 4.21. The van der Waals surface area contributed by atoms with Crippen LogP contribution in [-0.4, -0.2) is 18.1 Å². The Morgan fingerprint density at radius 1 is 1.21 bits per heavy atom. The van der Waals surface area contributed by atoms with Crippen LogP contribution in [-0.2, 0) is 0 Å². The third-order valence-electron chi connectivity index (χ3n) is 3.34. The molecule has 14 heavy (non-hydrogen) atoms. The molecule has 2 nitrogen and oxygen atoms in total. The van der Waals surface area contributed by atoms with E-state index in [2.05, 4.69) is 28.5 Å². The van der Waals surface area contributed by atoms with E-state index in [4.69, 9.17) is 0 Å². The van der Waals surface area contributed by atoms with E-state index >= 15 is 0 Å². The van der Waals surface area contributed by atoms with Crippen LogP contribution in [0, 0.1) is 11.8 Å². The van der Waals surface area contributed by atoms with Gasteiger partial charge in [0.2, 0.25) is 0 Å². The van der Waals surface area contributed by atoms with Crippen LogP contribution < -0.4 is 5.32 Å². The summed E-state index contributed by atoms with van der Waals surface area (Å²) in [6, 6.07) is 4.22. The zero-order chi connectivity index (χ0) is 9.38. The Morgan fingerprint density at radius 2 is 2.07 bits per heavy atom. The highest BCUT2D eigenvalue weighted by Crippen LogP contribution is 2.37. The lowest BCUT2D eigenvalue weighted by atomic mass is 9.99. The van der Waals surface area contributed by atoms with Gasteiger partial charge >= 0.3 is 0 Å². The van der Waals surface area contributed by atoms with Gasteiger partial charge in [-0.15, -0.1) is 0 Å². The van der Waals surface area contributed by atoms with Crippen LogP contribution in [0.2, 0.25) is 0 Å². The molecule has 2 heteroatoms. The molecular weight excluding hydrogens is 172 g/mol. The lowest BCUT2D eigenvalue weighted by molar-refractivity contribution is 0.536. The Kier molecular flexibility index (Phi) is 1.88. The maximum atomic E-state index is 4.05. The summed E-state index contributed by atoms with van der Waals surface area (Å²) in [6.07, 6.45) is 7.44. The molecule has 1 N–H and O–H groups in total. The van der Waals surface area contributed by atoms with Gasteiger partial charge in [-0.25, -0.2) is 0 Å². The van der Waals surface area contributed by atoms with E-state index in [1.54, 1.807) is 0 Å². The van der Waals surface area contributed by atoms with Crippen LogP contribution in [0.5, 0.6) is 0 Å². The highest BCUT2D eigenvalue weighted by Gasteiger charge is 2.31. The number of aromatic nitrogens is 1. The van der Waals surface area contributed by atoms with Crippen LogP contribution in [0.3, 0.4) is 0 Å². The van der Waals surface area contributed by atoms with Gasteiger partial charge in [-0.3, -0.25) is 4.98 Å². The van der Waals surface area contributed by atoms with E-state index in [9.17, 15) is 0 Å². The van der Waals surface area contributed by atoms with Crippen LogP contribution in [0.1, 0.15) is 12.0 Å². The summed E-state index contributed by atoms with van der Waals surface area (Å²) in [7, 11) is 0. The zero-order valence-corrected chi connectivity index (χ0v) is 8.11. The molecule has 1 aromatic rings. The van der Waals surface area contributed by atoms with Crippen molar-refractivity contribution < 1.29 is 0 Å². The number of pyridine rings is 1. The van der Waals surface area contributed by atoms with Gasteiger partial charge in [0.05, 0.1) is 0 Å². The molecule has 0 radical (unpaired) electrons. The van der Waals surface area contributed by atoms with E-state index in [0.29, 0.717) is 0 Å². The fraction of sp³-hybridized carbons (Fsp3) is 0.417. The van der Waals surface area contributed by atoms with Gasteiger partial charge in [-0.05, 0) is 48.1 Å². The Labute approximate surface area is 84.1 Å². The number of nitrogens with one attached hydrogen (secondary N) is 1. The maximum absolute atomic E-state index is 4.05. The summed E-state index contributed by atoms with van der Waals surface area (Å²) in [5.74, 6) is 1.62. The van der Waals surface area contributed by atoms with Gasteiger partial charge in [0.15, 0.2) is 0 Å². The SMILES string of the molecule is C1=C(c2ccncc2)C[C@H]2CNC[C@@H]12. The molecule has 1 saturated heterocycles. The molecule has 1 fully saturated rings. The highest BCUT2D eigenvalue weighted by atomic mass is 14.9. The quantitative estimate of drug-likeness (QED) is 0.722. The molecule has 1 aliphatic heterocycles. The largest absolute Gasteiger partial charge is 0.316 e. The van der Waals surface area contributed by atoms with Gasteiger partial charge < -0.3 is 5.32 Å². The molecule has 1 aromatic heterocycles. The van der Waals surface area contributed by atoms with Crippen LogP contribution in [0.25, 0.3) is 5.57 Å². The summed E-state index contributed by atoms with van der Waals surface area (Å²) < 4.78 is 0. The summed E-state index contributed by atoms with van der Waals surface area (Å²) >= 11 is 0. The Morgan fingerprint density at radius 3 is 2.86 bits per heavy atom. The van der Waals surface area contributed by atoms with Crippen molar-refractivity contribution in [2.45, 2.75) is 6.42 Å². The molecule has 3 rings (SSSR count). The number of nitrogens with zero attached hydrogens (tertiary/aromatic N) is 1. The van der Waals surface area contributed by atoms with Crippen molar-refractivity contribution in [3.05, 3.63) is 36.2 Å². The number of rotatable bonds is 1. The average Bonchev–Trinajstić information content (AvgIpc) is 2.78. The molecule has 2 aliphatic rings. The predicted molar refractivity (Wildman–Crippen MR) is 56.7 cm³/mol. The number of hydrogen-bond acceptors (Lipinski definition) is 2. The first-order valence-corrected chi connectivity index (χ1v) is 5.25. The molecule has 72 valence electrons. The van der Waals surface area contributed by atoms with Gasteiger partial charge in [0.1, 0.15) is 0 Å². The smallest absolute Gasteiger partial charge is 0.0273 e. The molecule has 0 amide bonds. The summed E-state index contributed by atoms with van der Waals surface area (Å²) in [5.41, 5.74) is 2.87. The minimum atomic E-state index is 0.776. The number of allylic oxidation sites excluding steroid dienone is 1. The first kappa shape index (κ1) is 8.18. The Hall–Kier alpha value is -1.15. The molecule has 0 spiro atoms. The van der Waals surface area contributed by atoms with Gasteiger partial charge in [-0.1, -0.05) is 6.08 Å². The third kappa shape index (κ3) is 1.26. The Balaban J connectivity index is 1.88. The standard InChI is InChI=1S/C12H14N2/c1-3-13-4-2-9(1)10-5-11-7-14-8-12(11)6-10/h1-5,11-12,14H,6-8H2/t11-,12+/m1/s1. The lowest BCUT2D eigenvalue weighted by Crippen LogP contribution is -2.09. The van der Waals surface area contributed by atoms with Crippen LogP contribution >= 0.6 is 0 Å². The van der Waals surface area contributed by atoms with Crippen molar-refractivity contribution in [2.24, 2.45) is 11.8 Å². The Bertz CT molecular complexity index is 356. The lowest BCUT2D eigenvalue weighted by Gasteiger charge is -2.05. The molecule has 0 saturated carbocycles. The molecule has 0 bridgehead atoms. The summed E-state index contributed by atoms with van der Waals surface area (Å²) in [4.78, 5) is 4.05. The van der Waals surface area contributed by atoms with Crippen LogP contribution in [0.4, 0.5) is 0 Å². The number of fused-ring (bicyclic) bond motifs is 1. The molecular formula is C12H14N2. The highest BCUT2D eigenvalue weighted by molar-refractivity contribution is 5.68. The average molecular weight is 186 g/mol. The monoisotopic (exact) mass is 186 g/mol. The van der Waals surface area contributed by atoms with Crippen molar-refractivity contribution in [1.29, 1.82) is 0 Å². The second-order valence-corrected chi connectivity index (χ2v) is 4.21. The molecule has 1 aliphatic carbocycles. The van der Waals surface area contributed by atoms with E-state index in [0.717, 1.165) is 11.8 Å². The van der Waals surface area contributed by atoms with Crippen LogP contribution in [0.15, 0.2) is 30.6 Å². The normalized spacial score (nSPS) is 30.1. The van der Waals surface area contributed by atoms with Gasteiger partial charge in [0, 0.05) is 18.9 Å². The molecule has 0 aromatic carbocycles. The van der Waals surface area contributed by atoms with E-state index in [1.165, 1.54) is 30.6 Å². The molecule has 0 unspecified atom stereocenters. The minimum Gasteiger partial charge on any atom is -0.316 e. The van der Waals surface area contributed by atoms with Crippen molar-refractivity contribution in [3.63, 3.8) is 0 Å². The first-order chi connectivity index (χ1) is 6.93. The zero-order valence-electron chi connectivity index (χ0n) is 8.11. The van der Waals surface area contributed by atoms with Crippen molar-refractivity contribution >= 4 is 5.57 Å². The van der Waals surface area contributed by atoms with E-state index in [-0.39, 0.29) is 0 Å². The fourth-order valence-electron chi connectivity index (χ4n) is 2.56. The van der Waals surface area contributed by atoms with E-state index in [1.807, 2.05) is 12.4 Å². The first-order valence-electron chi connectivity index (χ1n) is 5.25. The van der Waals surface area contributed by atoms with Crippen molar-refractivity contribution in [2.75, 3.05) is 13.1 Å². The predicted octanol–water partition coefficient (Wildman–Crippen LogP) is 1.70. The van der Waals surface area contributed by atoms with Crippen molar-refractivity contribution in [1.82, 2.24) is 10.3 Å². The molecule has 2 heterocycles. The van der Waals surface area contributed by atoms with Gasteiger partial charge in [0.25, 0.3) is 0 Å². The van der Waals surface area contributed by atoms with Crippen molar-refractivity contribution in [3.8, 4) is 0 Å². The van der Waals surface area contributed by atoms with Gasteiger partial charge in [-0.2, -0.15) is 0 Å².